The van der Waals surface area contributed by atoms with E-state index in [0.29, 0.717) is 10.7 Å². The molecule has 1 aliphatic heterocycles. The number of nitrogens with zero attached hydrogens (tertiary/aromatic N) is 4. The Morgan fingerprint density at radius 2 is 1.88 bits per heavy atom. The number of nitrogens with one attached hydrogen (secondary N) is 1. The summed E-state index contributed by atoms with van der Waals surface area (Å²) in [6, 6.07) is 9.92. The van der Waals surface area contributed by atoms with Crippen molar-refractivity contribution in [2.75, 3.05) is 38.6 Å². The van der Waals surface area contributed by atoms with E-state index in [1.807, 2.05) is 55.2 Å². The summed E-state index contributed by atoms with van der Waals surface area (Å²) in [4.78, 5) is 18.4. The Bertz CT molecular complexity index is 1150. The van der Waals surface area contributed by atoms with Gasteiger partial charge in [0.15, 0.2) is 5.11 Å². The summed E-state index contributed by atoms with van der Waals surface area (Å²) in [5, 5.41) is 9.06. The minimum absolute atomic E-state index is 0.361. The second kappa shape index (κ2) is 10.0. The molecule has 0 unspecified atom stereocenters. The van der Waals surface area contributed by atoms with Crippen LogP contribution >= 0.6 is 23.6 Å². The number of hydrogen-bond acceptors (Lipinski definition) is 6. The zero-order chi connectivity index (χ0) is 23.5. The lowest BCUT2D eigenvalue weighted by atomic mass is 10.0. The van der Waals surface area contributed by atoms with Gasteiger partial charge in [0, 0.05) is 61.5 Å². The predicted molar refractivity (Wildman–Crippen MR) is 137 cm³/mol. The highest BCUT2D eigenvalue weighted by molar-refractivity contribution is 7.80. The molecule has 1 fully saturated rings. The summed E-state index contributed by atoms with van der Waals surface area (Å²) >= 11 is 7.27. The Morgan fingerprint density at radius 3 is 2.48 bits per heavy atom. The lowest BCUT2D eigenvalue weighted by Crippen LogP contribution is -2.49. The molecule has 0 atom stereocenters. The first-order valence-electron chi connectivity index (χ1n) is 10.9. The molecular formula is C24H29N5O2S2. The normalized spacial score (nSPS) is 14.4. The Hall–Kier alpha value is -2.75. The van der Waals surface area contributed by atoms with Crippen molar-refractivity contribution >= 4 is 39.6 Å². The fourth-order valence-corrected chi connectivity index (χ4v) is 5.52. The minimum atomic E-state index is -0.361. The van der Waals surface area contributed by atoms with Crippen molar-refractivity contribution in [3.05, 3.63) is 58.2 Å². The summed E-state index contributed by atoms with van der Waals surface area (Å²) < 4.78 is 7.03. The average Bonchev–Trinajstić information content (AvgIpc) is 3.32. The standard InChI is InChI=1S/C24H29N5O2S2/c1-16-19(14-25-27(16)3)15-28-10-12-29(13-11-28)24(32)26-22-21(23(30)31-4)20(17(2)33-22)18-8-6-5-7-9-18/h5-9,14H,10-13,15H2,1-4H3,(H,26,32). The first kappa shape index (κ1) is 23.4. The number of esters is 1. The quantitative estimate of drug-likeness (QED) is 0.434. The fourth-order valence-electron chi connectivity index (χ4n) is 4.11. The van der Waals surface area contributed by atoms with Crippen LogP contribution in [0.1, 0.15) is 26.5 Å². The molecule has 2 aromatic heterocycles. The molecule has 0 aliphatic carbocycles. The average molecular weight is 484 g/mol. The van der Waals surface area contributed by atoms with Crippen molar-refractivity contribution in [1.82, 2.24) is 19.6 Å². The number of aryl methyl sites for hydroxylation is 2. The number of hydrogen-bond donors (Lipinski definition) is 1. The van der Waals surface area contributed by atoms with Gasteiger partial charge in [-0.15, -0.1) is 11.3 Å². The summed E-state index contributed by atoms with van der Waals surface area (Å²) in [7, 11) is 3.38. The number of carbonyl (C=O) groups excluding carboxylic acids is 1. The molecule has 9 heteroatoms. The summed E-state index contributed by atoms with van der Waals surface area (Å²) in [6.07, 6.45) is 1.95. The van der Waals surface area contributed by atoms with Crippen LogP contribution in [0.5, 0.6) is 0 Å². The number of carbonyl (C=O) groups is 1. The van der Waals surface area contributed by atoms with Gasteiger partial charge in [-0.3, -0.25) is 9.58 Å². The molecule has 3 aromatic rings. The molecule has 0 radical (unpaired) electrons. The van der Waals surface area contributed by atoms with Crippen molar-refractivity contribution in [3.63, 3.8) is 0 Å². The summed E-state index contributed by atoms with van der Waals surface area (Å²) in [5.41, 5.74) is 4.89. The maximum atomic E-state index is 12.7. The van der Waals surface area contributed by atoms with Crippen LogP contribution in [0.15, 0.2) is 36.5 Å². The van der Waals surface area contributed by atoms with E-state index in [1.165, 1.54) is 29.7 Å². The van der Waals surface area contributed by atoms with Crippen LogP contribution in [0.25, 0.3) is 11.1 Å². The summed E-state index contributed by atoms with van der Waals surface area (Å²) in [5.74, 6) is -0.361. The first-order chi connectivity index (χ1) is 15.9. The van der Waals surface area contributed by atoms with Crippen molar-refractivity contribution in [3.8, 4) is 11.1 Å². The first-order valence-corrected chi connectivity index (χ1v) is 12.1. The highest BCUT2D eigenvalue weighted by atomic mass is 32.1. The molecule has 4 rings (SSSR count). The monoisotopic (exact) mass is 483 g/mol. The molecule has 1 aliphatic rings. The zero-order valence-corrected chi connectivity index (χ0v) is 21.1. The third-order valence-corrected chi connectivity index (χ3v) is 7.53. The van der Waals surface area contributed by atoms with Crippen LogP contribution in [-0.4, -0.2) is 64.0 Å². The highest BCUT2D eigenvalue weighted by Gasteiger charge is 2.26. The van der Waals surface area contributed by atoms with Crippen LogP contribution in [0.3, 0.4) is 0 Å². The number of piperazine rings is 1. The molecule has 1 N–H and O–H groups in total. The lowest BCUT2D eigenvalue weighted by molar-refractivity contribution is 0.0603. The smallest absolute Gasteiger partial charge is 0.341 e. The van der Waals surface area contributed by atoms with Crippen LogP contribution < -0.4 is 5.32 Å². The number of methoxy groups -OCH3 is 1. The van der Waals surface area contributed by atoms with E-state index in [1.54, 1.807) is 0 Å². The lowest BCUT2D eigenvalue weighted by Gasteiger charge is -2.36. The minimum Gasteiger partial charge on any atom is -0.465 e. The zero-order valence-electron chi connectivity index (χ0n) is 19.4. The molecular weight excluding hydrogens is 454 g/mol. The number of thiophene rings is 1. The van der Waals surface area contributed by atoms with E-state index in [2.05, 4.69) is 27.1 Å². The van der Waals surface area contributed by atoms with Crippen LogP contribution in [0.4, 0.5) is 5.00 Å². The van der Waals surface area contributed by atoms with Gasteiger partial charge in [0.05, 0.1) is 13.3 Å². The Morgan fingerprint density at radius 1 is 1.18 bits per heavy atom. The molecule has 174 valence electrons. The molecule has 0 amide bonds. The number of rotatable bonds is 5. The van der Waals surface area contributed by atoms with E-state index >= 15 is 0 Å². The second-order valence-electron chi connectivity index (χ2n) is 8.17. The van der Waals surface area contributed by atoms with Gasteiger partial charge in [-0.2, -0.15) is 5.10 Å². The molecule has 33 heavy (non-hydrogen) atoms. The van der Waals surface area contributed by atoms with Crippen molar-refractivity contribution in [1.29, 1.82) is 0 Å². The summed E-state index contributed by atoms with van der Waals surface area (Å²) in [6.45, 7) is 8.50. The Kier molecular flexibility index (Phi) is 7.11. The van der Waals surface area contributed by atoms with E-state index in [-0.39, 0.29) is 5.97 Å². The van der Waals surface area contributed by atoms with Gasteiger partial charge in [0.25, 0.3) is 0 Å². The SMILES string of the molecule is COC(=O)c1c(NC(=S)N2CCN(Cc3cnn(C)c3C)CC2)sc(C)c1-c1ccccc1. The second-order valence-corrected chi connectivity index (χ2v) is 9.78. The maximum absolute atomic E-state index is 12.7. The van der Waals surface area contributed by atoms with Gasteiger partial charge in [0.2, 0.25) is 0 Å². The molecule has 1 aromatic carbocycles. The van der Waals surface area contributed by atoms with Crippen LogP contribution in [0.2, 0.25) is 0 Å². The topological polar surface area (TPSA) is 62.6 Å². The third kappa shape index (κ3) is 4.95. The van der Waals surface area contributed by atoms with Crippen LogP contribution in [0, 0.1) is 13.8 Å². The molecule has 1 saturated heterocycles. The number of aromatic nitrogens is 2. The van der Waals surface area contributed by atoms with Crippen LogP contribution in [-0.2, 0) is 18.3 Å². The van der Waals surface area contributed by atoms with Gasteiger partial charge in [-0.25, -0.2) is 4.79 Å². The predicted octanol–water partition coefficient (Wildman–Crippen LogP) is 4.07. The van der Waals surface area contributed by atoms with E-state index in [4.69, 9.17) is 17.0 Å². The molecule has 3 heterocycles. The van der Waals surface area contributed by atoms with E-state index in [9.17, 15) is 4.79 Å². The highest BCUT2D eigenvalue weighted by Crippen LogP contribution is 2.40. The molecule has 0 spiro atoms. The fraction of sp³-hybridized carbons (Fsp3) is 0.375. The Balaban J connectivity index is 1.46. The van der Waals surface area contributed by atoms with Crippen molar-refractivity contribution in [2.45, 2.75) is 20.4 Å². The van der Waals surface area contributed by atoms with Gasteiger partial charge in [-0.1, -0.05) is 30.3 Å². The number of anilines is 1. The van der Waals surface area contributed by atoms with E-state index < -0.39 is 0 Å². The maximum Gasteiger partial charge on any atom is 0.341 e. The van der Waals surface area contributed by atoms with Gasteiger partial charge in [0.1, 0.15) is 10.6 Å². The molecule has 7 nitrogen and oxygen atoms in total. The molecule has 0 bridgehead atoms. The van der Waals surface area contributed by atoms with Gasteiger partial charge < -0.3 is 15.0 Å². The van der Waals surface area contributed by atoms with Crippen molar-refractivity contribution < 1.29 is 9.53 Å². The van der Waals surface area contributed by atoms with Crippen molar-refractivity contribution in [2.24, 2.45) is 7.05 Å². The third-order valence-electron chi connectivity index (χ3n) is 6.15. The van der Waals surface area contributed by atoms with E-state index in [0.717, 1.165) is 53.7 Å². The Labute approximate surface area is 204 Å². The number of benzene rings is 1. The number of thiocarbonyl (C=S) groups is 1. The number of ether oxygens (including phenoxy) is 1. The largest absolute Gasteiger partial charge is 0.465 e. The van der Waals surface area contributed by atoms with Gasteiger partial charge >= 0.3 is 5.97 Å². The van der Waals surface area contributed by atoms with Gasteiger partial charge in [-0.05, 0) is 31.6 Å². The molecule has 0 saturated carbocycles.